The van der Waals surface area contributed by atoms with Crippen LogP contribution < -0.4 is 11.1 Å². The summed E-state index contributed by atoms with van der Waals surface area (Å²) < 4.78 is 5.12. The maximum absolute atomic E-state index is 13.9. The number of rotatable bonds is 6. The average molecular weight is 462 g/mol. The van der Waals surface area contributed by atoms with Gasteiger partial charge in [-0.1, -0.05) is 53.4 Å². The van der Waals surface area contributed by atoms with Crippen LogP contribution in [0.15, 0.2) is 0 Å². The van der Waals surface area contributed by atoms with E-state index in [0.717, 1.165) is 38.5 Å². The molecule has 4 fully saturated rings. The molecule has 186 valence electrons. The van der Waals surface area contributed by atoms with E-state index in [-0.39, 0.29) is 45.9 Å². The Hall–Kier alpha value is -1.63. The number of hydrogen-bond donors (Lipinski definition) is 2. The van der Waals surface area contributed by atoms with Crippen molar-refractivity contribution in [2.24, 2.45) is 33.8 Å². The van der Waals surface area contributed by atoms with Gasteiger partial charge in [-0.05, 0) is 54.8 Å². The van der Waals surface area contributed by atoms with E-state index >= 15 is 0 Å². The van der Waals surface area contributed by atoms with Gasteiger partial charge in [0.05, 0.1) is 13.2 Å². The molecule has 4 unspecified atom stereocenters. The Morgan fingerprint density at radius 3 is 2.15 bits per heavy atom. The molecular weight excluding hydrogens is 418 g/mol. The van der Waals surface area contributed by atoms with Crippen LogP contribution in [0.25, 0.3) is 0 Å². The molecule has 7 heteroatoms. The molecule has 33 heavy (non-hydrogen) atoms. The Bertz CT molecular complexity index is 799. The van der Waals surface area contributed by atoms with E-state index < -0.39 is 18.1 Å². The van der Waals surface area contributed by atoms with Crippen LogP contribution in [0, 0.1) is 28.1 Å². The molecule has 7 nitrogen and oxygen atoms in total. The molecule has 4 atom stereocenters. The topological polar surface area (TPSA) is 102 Å². The third-order valence-corrected chi connectivity index (χ3v) is 10.3. The number of methoxy groups -OCH3 is 1. The van der Waals surface area contributed by atoms with E-state index in [1.165, 1.54) is 20.0 Å². The molecule has 1 aliphatic heterocycles. The summed E-state index contributed by atoms with van der Waals surface area (Å²) in [5.74, 6) is -0.728. The van der Waals surface area contributed by atoms with Gasteiger partial charge in [0.25, 0.3) is 0 Å². The summed E-state index contributed by atoms with van der Waals surface area (Å²) in [7, 11) is 1.39. The Balaban J connectivity index is 1.53. The zero-order valence-electron chi connectivity index (χ0n) is 21.1. The molecule has 0 aromatic rings. The van der Waals surface area contributed by atoms with Crippen molar-refractivity contribution in [2.75, 3.05) is 13.7 Å². The van der Waals surface area contributed by atoms with E-state index in [4.69, 9.17) is 10.5 Å². The number of carbonyl (C=O) groups is 3. The van der Waals surface area contributed by atoms with Crippen LogP contribution in [-0.4, -0.2) is 54.5 Å². The lowest BCUT2D eigenvalue weighted by molar-refractivity contribution is -0.152. The summed E-state index contributed by atoms with van der Waals surface area (Å²) in [6.07, 6.45) is 9.52. The molecule has 1 saturated heterocycles. The summed E-state index contributed by atoms with van der Waals surface area (Å²) >= 11 is 0. The van der Waals surface area contributed by atoms with Crippen LogP contribution in [0.2, 0.25) is 0 Å². The van der Waals surface area contributed by atoms with Gasteiger partial charge in [0.15, 0.2) is 0 Å². The predicted molar refractivity (Wildman–Crippen MR) is 126 cm³/mol. The molecular formula is C26H43N3O4. The van der Waals surface area contributed by atoms with Gasteiger partial charge in [0.1, 0.15) is 12.1 Å². The minimum absolute atomic E-state index is 0.0448. The first-order chi connectivity index (χ1) is 15.5. The zero-order chi connectivity index (χ0) is 24.2. The molecule has 4 aliphatic rings. The van der Waals surface area contributed by atoms with Crippen molar-refractivity contribution in [3.05, 3.63) is 0 Å². The highest BCUT2D eigenvalue weighted by atomic mass is 16.5. The number of amides is 2. The Morgan fingerprint density at radius 2 is 1.67 bits per heavy atom. The second-order valence-corrected chi connectivity index (χ2v) is 12.0. The van der Waals surface area contributed by atoms with Gasteiger partial charge in [0, 0.05) is 12.0 Å². The first-order valence-corrected chi connectivity index (χ1v) is 13.0. The number of carbonyl (C=O) groups excluding carboxylic acids is 3. The number of likely N-dealkylation sites (tertiary alicyclic amines) is 1. The smallest absolute Gasteiger partial charge is 0.328 e. The standard InChI is InChI=1S/C26H43N3O4/c1-16(2)20(28-21(30)19(27)17-10-7-6-8-11-17)22(31)29-15-26(14-18(29)23(32)33-5)24(3,4)25(26)12-9-13-25/h16-20H,6-15,27H2,1-5H3,(H,28,30). The van der Waals surface area contributed by atoms with Crippen molar-refractivity contribution in [3.63, 3.8) is 0 Å². The molecule has 2 amide bonds. The minimum Gasteiger partial charge on any atom is -0.467 e. The van der Waals surface area contributed by atoms with Gasteiger partial charge in [-0.2, -0.15) is 0 Å². The summed E-state index contributed by atoms with van der Waals surface area (Å²) in [6, 6.07) is -1.89. The highest BCUT2D eigenvalue weighted by Gasteiger charge is 2.85. The van der Waals surface area contributed by atoms with Crippen LogP contribution in [0.1, 0.15) is 85.5 Å². The lowest BCUT2D eigenvalue weighted by Gasteiger charge is -2.33. The fourth-order valence-corrected chi connectivity index (χ4v) is 7.83. The lowest BCUT2D eigenvalue weighted by atomic mass is 9.73. The zero-order valence-corrected chi connectivity index (χ0v) is 21.1. The minimum atomic E-state index is -0.700. The van der Waals surface area contributed by atoms with Gasteiger partial charge < -0.3 is 20.7 Å². The van der Waals surface area contributed by atoms with Gasteiger partial charge >= 0.3 is 5.97 Å². The second-order valence-electron chi connectivity index (χ2n) is 12.0. The first kappa shape index (κ1) is 24.5. The second kappa shape index (κ2) is 8.54. The third kappa shape index (κ3) is 3.52. The molecule has 2 spiro atoms. The normalized spacial score (nSPS) is 31.8. The SMILES string of the molecule is COC(=O)C1CC2(CN1C(=O)C(NC(=O)C(N)C1CCCCC1)C(C)C)C(C)(C)C21CCC1. The Kier molecular flexibility index (Phi) is 6.34. The average Bonchev–Trinajstić information content (AvgIpc) is 3.01. The van der Waals surface area contributed by atoms with Crippen LogP contribution in [0.3, 0.4) is 0 Å². The number of nitrogens with two attached hydrogens (primary N) is 1. The van der Waals surface area contributed by atoms with Gasteiger partial charge in [-0.15, -0.1) is 0 Å². The molecule has 3 N–H and O–H groups in total. The number of nitrogens with zero attached hydrogens (tertiary/aromatic N) is 1. The van der Waals surface area contributed by atoms with Crippen LogP contribution in [0.5, 0.6) is 0 Å². The molecule has 3 aliphatic carbocycles. The van der Waals surface area contributed by atoms with E-state index in [1.54, 1.807) is 4.90 Å². The van der Waals surface area contributed by atoms with E-state index in [9.17, 15) is 14.4 Å². The number of ether oxygens (including phenoxy) is 1. The Morgan fingerprint density at radius 1 is 1.03 bits per heavy atom. The molecule has 1 heterocycles. The maximum atomic E-state index is 13.9. The van der Waals surface area contributed by atoms with Crippen molar-refractivity contribution in [3.8, 4) is 0 Å². The monoisotopic (exact) mass is 461 g/mol. The predicted octanol–water partition coefficient (Wildman–Crippen LogP) is 3.01. The van der Waals surface area contributed by atoms with Crippen LogP contribution >= 0.6 is 0 Å². The van der Waals surface area contributed by atoms with E-state index in [1.807, 2.05) is 13.8 Å². The lowest BCUT2D eigenvalue weighted by Crippen LogP contribution is -2.57. The van der Waals surface area contributed by atoms with Gasteiger partial charge in [-0.25, -0.2) is 4.79 Å². The molecule has 0 aromatic carbocycles. The number of hydrogen-bond acceptors (Lipinski definition) is 5. The highest BCUT2D eigenvalue weighted by Crippen LogP contribution is 2.88. The van der Waals surface area contributed by atoms with Gasteiger partial charge in [-0.3, -0.25) is 9.59 Å². The fourth-order valence-electron chi connectivity index (χ4n) is 7.83. The third-order valence-electron chi connectivity index (χ3n) is 10.3. The van der Waals surface area contributed by atoms with Crippen molar-refractivity contribution in [1.29, 1.82) is 0 Å². The first-order valence-electron chi connectivity index (χ1n) is 13.0. The summed E-state index contributed by atoms with van der Waals surface area (Å²) in [5.41, 5.74) is 6.61. The van der Waals surface area contributed by atoms with Crippen molar-refractivity contribution >= 4 is 17.8 Å². The molecule has 3 saturated carbocycles. The number of nitrogens with one attached hydrogen (secondary N) is 1. The molecule has 0 bridgehead atoms. The van der Waals surface area contributed by atoms with Crippen molar-refractivity contribution in [2.45, 2.75) is 104 Å². The fraction of sp³-hybridized carbons (Fsp3) is 0.885. The van der Waals surface area contributed by atoms with E-state index in [0.29, 0.717) is 13.0 Å². The number of esters is 1. The van der Waals surface area contributed by atoms with Crippen LogP contribution in [0.4, 0.5) is 0 Å². The van der Waals surface area contributed by atoms with E-state index in [2.05, 4.69) is 19.2 Å². The van der Waals surface area contributed by atoms with Crippen molar-refractivity contribution < 1.29 is 19.1 Å². The molecule has 0 aromatic heterocycles. The van der Waals surface area contributed by atoms with Gasteiger partial charge in [0.2, 0.25) is 11.8 Å². The quantitative estimate of drug-likeness (QED) is 0.592. The maximum Gasteiger partial charge on any atom is 0.328 e. The Labute approximate surface area is 198 Å². The highest BCUT2D eigenvalue weighted by molar-refractivity contribution is 5.93. The number of fused-ring (bicyclic) bond motifs is 1. The summed E-state index contributed by atoms with van der Waals surface area (Å²) in [6.45, 7) is 9.01. The summed E-state index contributed by atoms with van der Waals surface area (Å²) in [4.78, 5) is 41.4. The van der Waals surface area contributed by atoms with Crippen molar-refractivity contribution in [1.82, 2.24) is 10.2 Å². The molecule has 0 radical (unpaired) electrons. The molecule has 4 rings (SSSR count). The van der Waals surface area contributed by atoms with Crippen LogP contribution in [-0.2, 0) is 19.1 Å². The summed E-state index contributed by atoms with van der Waals surface area (Å²) in [5, 5.41) is 2.98. The largest absolute Gasteiger partial charge is 0.467 e.